The summed E-state index contributed by atoms with van der Waals surface area (Å²) in [7, 11) is 0. The zero-order valence-corrected chi connectivity index (χ0v) is 10.4. The largest absolute Gasteiger partial charge is 0.444 e. The predicted molar refractivity (Wildman–Crippen MR) is 60.5 cm³/mol. The smallest absolute Gasteiger partial charge is 0.410 e. The number of rotatable bonds is 2. The van der Waals surface area contributed by atoms with Crippen LogP contribution < -0.4 is 0 Å². The third-order valence-electron chi connectivity index (χ3n) is 2.22. The van der Waals surface area contributed by atoms with Gasteiger partial charge >= 0.3 is 6.09 Å². The van der Waals surface area contributed by atoms with Crippen molar-refractivity contribution in [1.82, 2.24) is 4.90 Å². The van der Waals surface area contributed by atoms with Crippen LogP contribution in [-0.4, -0.2) is 55.0 Å². The standard InChI is InChI=1S/C11H18N2O4/c1-11(2,3)17-10(15)13-4-5-16-7-9(13)6-12-8-14/h9H,4-7H2,1-3H3. The fraction of sp³-hybridized carbons (Fsp3) is 0.818. The first-order chi connectivity index (χ1) is 7.94. The molecule has 1 aliphatic rings. The zero-order valence-electron chi connectivity index (χ0n) is 10.4. The number of nitrogens with zero attached hydrogens (tertiary/aromatic N) is 2. The minimum atomic E-state index is -0.534. The van der Waals surface area contributed by atoms with Gasteiger partial charge in [0, 0.05) is 6.54 Å². The second-order valence-electron chi connectivity index (χ2n) is 4.83. The molecule has 1 fully saturated rings. The molecule has 0 aromatic heterocycles. The first-order valence-corrected chi connectivity index (χ1v) is 5.55. The van der Waals surface area contributed by atoms with Gasteiger partial charge in [0.25, 0.3) is 0 Å². The van der Waals surface area contributed by atoms with Crippen LogP contribution in [0.4, 0.5) is 4.79 Å². The minimum Gasteiger partial charge on any atom is -0.444 e. The Balaban J connectivity index is 2.63. The number of amides is 1. The van der Waals surface area contributed by atoms with E-state index in [0.717, 1.165) is 0 Å². The number of aliphatic imine (C=N–C) groups is 1. The average molecular weight is 242 g/mol. The second-order valence-corrected chi connectivity index (χ2v) is 4.83. The van der Waals surface area contributed by atoms with Crippen molar-refractivity contribution in [2.45, 2.75) is 32.4 Å². The summed E-state index contributed by atoms with van der Waals surface area (Å²) >= 11 is 0. The normalized spacial score (nSPS) is 20.6. The molecule has 0 aromatic carbocycles. The SMILES string of the molecule is CC(C)(C)OC(=O)N1CCOCC1CN=C=O. The van der Waals surface area contributed by atoms with Gasteiger partial charge in [-0.05, 0) is 20.8 Å². The molecule has 1 heterocycles. The van der Waals surface area contributed by atoms with Gasteiger partial charge in [-0.25, -0.2) is 14.6 Å². The van der Waals surface area contributed by atoms with E-state index < -0.39 is 11.7 Å². The predicted octanol–water partition coefficient (Wildman–Crippen LogP) is 0.958. The molecule has 6 heteroatoms. The maximum atomic E-state index is 11.9. The Bertz CT molecular complexity index is 318. The molecule has 0 aliphatic carbocycles. The summed E-state index contributed by atoms with van der Waals surface area (Å²) in [4.78, 5) is 27.0. The van der Waals surface area contributed by atoms with Crippen LogP contribution in [0.3, 0.4) is 0 Å². The molecule has 0 spiro atoms. The van der Waals surface area contributed by atoms with Crippen LogP contribution in [-0.2, 0) is 14.3 Å². The molecule has 17 heavy (non-hydrogen) atoms. The molecule has 0 saturated carbocycles. The number of morpholine rings is 1. The molecule has 1 atom stereocenters. The lowest BCUT2D eigenvalue weighted by Crippen LogP contribution is -2.51. The van der Waals surface area contributed by atoms with Crippen molar-refractivity contribution in [3.8, 4) is 0 Å². The lowest BCUT2D eigenvalue weighted by atomic mass is 10.2. The highest BCUT2D eigenvalue weighted by molar-refractivity contribution is 5.68. The fourth-order valence-electron chi connectivity index (χ4n) is 1.51. The van der Waals surface area contributed by atoms with Gasteiger partial charge in [0.15, 0.2) is 0 Å². The van der Waals surface area contributed by atoms with Gasteiger partial charge in [-0.1, -0.05) is 0 Å². The van der Waals surface area contributed by atoms with E-state index in [0.29, 0.717) is 19.8 Å². The summed E-state index contributed by atoms with van der Waals surface area (Å²) in [5.41, 5.74) is -0.534. The van der Waals surface area contributed by atoms with Crippen LogP contribution in [0.5, 0.6) is 0 Å². The number of isocyanates is 1. The molecule has 1 aliphatic heterocycles. The molecule has 1 amide bonds. The lowest BCUT2D eigenvalue weighted by molar-refractivity contribution is -0.0298. The number of carbonyl (C=O) groups is 1. The van der Waals surface area contributed by atoms with E-state index in [2.05, 4.69) is 4.99 Å². The summed E-state index contributed by atoms with van der Waals surface area (Å²) in [6, 6.07) is -0.250. The van der Waals surface area contributed by atoms with Crippen LogP contribution in [0.15, 0.2) is 4.99 Å². The van der Waals surface area contributed by atoms with Gasteiger partial charge in [-0.3, -0.25) is 4.90 Å². The average Bonchev–Trinajstić information content (AvgIpc) is 2.24. The van der Waals surface area contributed by atoms with Crippen molar-refractivity contribution in [3.05, 3.63) is 0 Å². The van der Waals surface area contributed by atoms with E-state index in [9.17, 15) is 9.59 Å². The van der Waals surface area contributed by atoms with E-state index in [1.165, 1.54) is 6.08 Å². The Hall–Kier alpha value is -1.39. The van der Waals surface area contributed by atoms with Crippen LogP contribution >= 0.6 is 0 Å². The topological polar surface area (TPSA) is 68.2 Å². The van der Waals surface area contributed by atoms with Gasteiger partial charge in [-0.15, -0.1) is 0 Å². The van der Waals surface area contributed by atoms with E-state index in [4.69, 9.17) is 9.47 Å². The number of ether oxygens (including phenoxy) is 2. The Morgan fingerprint density at radius 1 is 1.59 bits per heavy atom. The van der Waals surface area contributed by atoms with Crippen molar-refractivity contribution in [2.75, 3.05) is 26.3 Å². The summed E-state index contributed by atoms with van der Waals surface area (Å²) < 4.78 is 10.5. The molecule has 6 nitrogen and oxygen atoms in total. The Labute approximate surface area is 101 Å². The van der Waals surface area contributed by atoms with Gasteiger partial charge in [0.2, 0.25) is 6.08 Å². The highest BCUT2D eigenvalue weighted by Crippen LogP contribution is 2.14. The summed E-state index contributed by atoms with van der Waals surface area (Å²) in [6.07, 6.45) is 1.07. The maximum Gasteiger partial charge on any atom is 0.410 e. The van der Waals surface area contributed by atoms with E-state index in [1.807, 2.05) is 20.8 Å². The van der Waals surface area contributed by atoms with Crippen molar-refractivity contribution < 1.29 is 19.1 Å². The van der Waals surface area contributed by atoms with E-state index in [1.54, 1.807) is 4.90 Å². The Morgan fingerprint density at radius 2 is 2.29 bits per heavy atom. The Kier molecular flexibility index (Phi) is 4.66. The van der Waals surface area contributed by atoms with Crippen LogP contribution in [0, 0.1) is 0 Å². The molecule has 1 unspecified atom stereocenters. The van der Waals surface area contributed by atoms with E-state index in [-0.39, 0.29) is 12.6 Å². The zero-order chi connectivity index (χ0) is 12.9. The molecule has 1 saturated heterocycles. The van der Waals surface area contributed by atoms with Crippen LogP contribution in [0.1, 0.15) is 20.8 Å². The second kappa shape index (κ2) is 5.80. The van der Waals surface area contributed by atoms with Crippen LogP contribution in [0.2, 0.25) is 0 Å². The summed E-state index contributed by atoms with van der Waals surface area (Å²) in [5.74, 6) is 0. The monoisotopic (exact) mass is 242 g/mol. The van der Waals surface area contributed by atoms with Crippen molar-refractivity contribution in [1.29, 1.82) is 0 Å². The first-order valence-electron chi connectivity index (χ1n) is 5.55. The molecular formula is C11H18N2O4. The molecule has 0 radical (unpaired) electrons. The van der Waals surface area contributed by atoms with Gasteiger partial charge in [0.05, 0.1) is 25.8 Å². The molecule has 96 valence electrons. The van der Waals surface area contributed by atoms with Gasteiger partial charge in [0.1, 0.15) is 5.60 Å². The van der Waals surface area contributed by atoms with E-state index >= 15 is 0 Å². The molecular weight excluding hydrogens is 224 g/mol. The highest BCUT2D eigenvalue weighted by atomic mass is 16.6. The third-order valence-corrected chi connectivity index (χ3v) is 2.22. The third kappa shape index (κ3) is 4.54. The molecule has 0 N–H and O–H groups in total. The summed E-state index contributed by atoms with van der Waals surface area (Å²) in [5, 5.41) is 0. The van der Waals surface area contributed by atoms with Crippen LogP contribution in [0.25, 0.3) is 0 Å². The highest BCUT2D eigenvalue weighted by Gasteiger charge is 2.30. The lowest BCUT2D eigenvalue weighted by Gasteiger charge is -2.35. The number of hydrogen-bond donors (Lipinski definition) is 0. The van der Waals surface area contributed by atoms with Crippen molar-refractivity contribution in [2.24, 2.45) is 4.99 Å². The Morgan fingerprint density at radius 3 is 2.88 bits per heavy atom. The molecule has 0 bridgehead atoms. The maximum absolute atomic E-state index is 11.9. The first kappa shape index (κ1) is 13.7. The molecule has 0 aromatic rings. The van der Waals surface area contributed by atoms with Crippen molar-refractivity contribution >= 4 is 12.2 Å². The minimum absolute atomic E-state index is 0.197. The quantitative estimate of drug-likeness (QED) is 0.534. The van der Waals surface area contributed by atoms with Gasteiger partial charge < -0.3 is 9.47 Å². The number of carbonyl (C=O) groups excluding carboxylic acids is 2. The number of hydrogen-bond acceptors (Lipinski definition) is 5. The molecule has 1 rings (SSSR count). The fourth-order valence-corrected chi connectivity index (χ4v) is 1.51. The van der Waals surface area contributed by atoms with Gasteiger partial charge in [-0.2, -0.15) is 0 Å². The van der Waals surface area contributed by atoms with Crippen molar-refractivity contribution in [3.63, 3.8) is 0 Å². The summed E-state index contributed by atoms with van der Waals surface area (Å²) in [6.45, 7) is 6.92.